The van der Waals surface area contributed by atoms with Crippen LogP contribution in [0.1, 0.15) is 43.0 Å². The van der Waals surface area contributed by atoms with Gasteiger partial charge in [0, 0.05) is 10.0 Å². The second-order valence-electron chi connectivity index (χ2n) is 5.93. The van der Waals surface area contributed by atoms with Gasteiger partial charge in [0.15, 0.2) is 0 Å². The van der Waals surface area contributed by atoms with Crippen LogP contribution < -0.4 is 0 Å². The van der Waals surface area contributed by atoms with Gasteiger partial charge < -0.3 is 0 Å². The van der Waals surface area contributed by atoms with Crippen molar-refractivity contribution >= 4 is 39.1 Å². The van der Waals surface area contributed by atoms with E-state index in [0.717, 1.165) is 18.3 Å². The largest absolute Gasteiger partial charge is 0.207 e. The Morgan fingerprint density at radius 2 is 2.11 bits per heavy atom. The van der Waals surface area contributed by atoms with Crippen molar-refractivity contribution in [1.82, 2.24) is 0 Å². The molecule has 3 rings (SSSR count). The number of fused-ring (bicyclic) bond motifs is 2. The van der Waals surface area contributed by atoms with Crippen molar-refractivity contribution < 1.29 is 4.39 Å². The Bertz CT molecular complexity index is 491. The van der Waals surface area contributed by atoms with E-state index >= 15 is 0 Å². The molecule has 2 saturated carbocycles. The van der Waals surface area contributed by atoms with E-state index in [2.05, 4.69) is 15.9 Å². The van der Waals surface area contributed by atoms with Gasteiger partial charge in [-0.3, -0.25) is 0 Å². The molecule has 0 aromatic heterocycles. The minimum Gasteiger partial charge on any atom is -0.207 e. The van der Waals surface area contributed by atoms with E-state index in [1.165, 1.54) is 31.7 Å². The second kappa shape index (κ2) is 5.54. The van der Waals surface area contributed by atoms with Crippen molar-refractivity contribution in [3.8, 4) is 0 Å². The SMILES string of the molecule is Fc1cc(Br)c(Cl)cc1C(Cl)CC1CC2CCC1C2. The lowest BCUT2D eigenvalue weighted by molar-refractivity contribution is 0.310. The van der Waals surface area contributed by atoms with E-state index in [1.807, 2.05) is 0 Å². The highest BCUT2D eigenvalue weighted by atomic mass is 79.9. The predicted octanol–water partition coefficient (Wildman–Crippen LogP) is 6.35. The molecule has 0 amide bonds. The van der Waals surface area contributed by atoms with E-state index in [9.17, 15) is 4.39 Å². The van der Waals surface area contributed by atoms with Crippen LogP contribution in [-0.4, -0.2) is 0 Å². The minimum absolute atomic E-state index is 0.264. The fourth-order valence-corrected chi connectivity index (χ4v) is 4.72. The zero-order chi connectivity index (χ0) is 13.6. The molecule has 0 saturated heterocycles. The van der Waals surface area contributed by atoms with Crippen LogP contribution in [0, 0.1) is 23.6 Å². The summed E-state index contributed by atoms with van der Waals surface area (Å²) < 4.78 is 14.6. The fourth-order valence-electron chi connectivity index (χ4n) is 3.84. The molecular formula is C15H16BrCl2F. The van der Waals surface area contributed by atoms with Crippen LogP contribution in [0.25, 0.3) is 0 Å². The van der Waals surface area contributed by atoms with Crippen LogP contribution in [0.4, 0.5) is 4.39 Å². The molecule has 4 atom stereocenters. The first-order valence-corrected chi connectivity index (χ1v) is 8.44. The highest BCUT2D eigenvalue weighted by Crippen LogP contribution is 2.52. The zero-order valence-corrected chi connectivity index (χ0v) is 13.6. The van der Waals surface area contributed by atoms with Gasteiger partial charge in [-0.2, -0.15) is 0 Å². The summed E-state index contributed by atoms with van der Waals surface area (Å²) in [4.78, 5) is 0. The molecule has 4 unspecified atom stereocenters. The van der Waals surface area contributed by atoms with Crippen molar-refractivity contribution in [3.05, 3.63) is 33.0 Å². The molecule has 2 aliphatic carbocycles. The quantitative estimate of drug-likeness (QED) is 0.432. The summed E-state index contributed by atoms with van der Waals surface area (Å²) >= 11 is 15.7. The van der Waals surface area contributed by atoms with Crippen LogP contribution in [0.15, 0.2) is 16.6 Å². The summed E-state index contributed by atoms with van der Waals surface area (Å²) in [6.07, 6.45) is 6.23. The highest BCUT2D eigenvalue weighted by Gasteiger charge is 2.40. The van der Waals surface area contributed by atoms with Crippen molar-refractivity contribution in [2.24, 2.45) is 17.8 Å². The third kappa shape index (κ3) is 2.82. The van der Waals surface area contributed by atoms with E-state index in [1.54, 1.807) is 6.07 Å². The van der Waals surface area contributed by atoms with Gasteiger partial charge in [-0.1, -0.05) is 18.0 Å². The third-order valence-corrected chi connectivity index (χ3v) is 6.38. The van der Waals surface area contributed by atoms with Crippen molar-refractivity contribution in [2.45, 2.75) is 37.5 Å². The molecular weight excluding hydrogens is 350 g/mol. The zero-order valence-electron chi connectivity index (χ0n) is 10.5. The van der Waals surface area contributed by atoms with Crippen molar-refractivity contribution in [2.75, 3.05) is 0 Å². The molecule has 0 nitrogen and oxygen atoms in total. The first kappa shape index (κ1) is 14.2. The molecule has 2 fully saturated rings. The van der Waals surface area contributed by atoms with E-state index in [-0.39, 0.29) is 11.2 Å². The average Bonchev–Trinajstić information content (AvgIpc) is 2.95. The molecule has 4 heteroatoms. The molecule has 2 bridgehead atoms. The van der Waals surface area contributed by atoms with Gasteiger partial charge in [0.25, 0.3) is 0 Å². The van der Waals surface area contributed by atoms with Crippen molar-refractivity contribution in [3.63, 3.8) is 0 Å². The molecule has 2 aliphatic rings. The molecule has 19 heavy (non-hydrogen) atoms. The molecule has 1 aromatic rings. The van der Waals surface area contributed by atoms with E-state index < -0.39 is 0 Å². The highest BCUT2D eigenvalue weighted by molar-refractivity contribution is 9.10. The Hall–Kier alpha value is 0.210. The Morgan fingerprint density at radius 3 is 2.74 bits per heavy atom. The monoisotopic (exact) mass is 364 g/mol. The Kier molecular flexibility index (Phi) is 4.13. The molecule has 0 radical (unpaired) electrons. The minimum atomic E-state index is -0.269. The molecule has 104 valence electrons. The smallest absolute Gasteiger partial charge is 0.129 e. The van der Waals surface area contributed by atoms with Gasteiger partial charge in [-0.05, 0) is 71.5 Å². The van der Waals surface area contributed by atoms with Crippen molar-refractivity contribution in [1.29, 1.82) is 0 Å². The van der Waals surface area contributed by atoms with Gasteiger partial charge in [-0.15, -0.1) is 11.6 Å². The van der Waals surface area contributed by atoms with Crippen LogP contribution in [0.3, 0.4) is 0 Å². The van der Waals surface area contributed by atoms with Gasteiger partial charge >= 0.3 is 0 Å². The topological polar surface area (TPSA) is 0 Å². The lowest BCUT2D eigenvalue weighted by Crippen LogP contribution is -2.13. The maximum atomic E-state index is 14.0. The second-order valence-corrected chi connectivity index (χ2v) is 7.71. The number of alkyl halides is 1. The van der Waals surface area contributed by atoms with E-state index in [4.69, 9.17) is 23.2 Å². The van der Waals surface area contributed by atoms with Gasteiger partial charge in [-0.25, -0.2) is 4.39 Å². The van der Waals surface area contributed by atoms with Gasteiger partial charge in [0.1, 0.15) is 5.82 Å². The summed E-state index contributed by atoms with van der Waals surface area (Å²) in [5.74, 6) is 2.12. The summed E-state index contributed by atoms with van der Waals surface area (Å²) in [7, 11) is 0. The standard InChI is InChI=1S/C15H16BrCl2F/c16-12-7-15(19)11(6-14(12)18)13(17)5-10-4-8-1-2-9(10)3-8/h6-10,13H,1-5H2. The Morgan fingerprint density at radius 1 is 1.32 bits per heavy atom. The number of halogens is 4. The maximum Gasteiger partial charge on any atom is 0.129 e. The summed E-state index contributed by atoms with van der Waals surface area (Å²) in [5, 5.41) is 0.255. The number of hydrogen-bond donors (Lipinski definition) is 0. The van der Waals surface area contributed by atoms with E-state index in [0.29, 0.717) is 21.0 Å². The lowest BCUT2D eigenvalue weighted by Gasteiger charge is -2.24. The summed E-state index contributed by atoms with van der Waals surface area (Å²) in [6, 6.07) is 3.07. The van der Waals surface area contributed by atoms with Gasteiger partial charge in [0.2, 0.25) is 0 Å². The predicted molar refractivity (Wildman–Crippen MR) is 81.3 cm³/mol. The van der Waals surface area contributed by atoms with Crippen LogP contribution in [0.5, 0.6) is 0 Å². The molecule has 1 aromatic carbocycles. The number of hydrogen-bond acceptors (Lipinski definition) is 0. The molecule has 0 heterocycles. The van der Waals surface area contributed by atoms with Gasteiger partial charge in [0.05, 0.1) is 10.4 Å². The summed E-state index contributed by atoms with van der Waals surface area (Å²) in [5.41, 5.74) is 0.539. The normalized spacial score (nSPS) is 30.8. The fraction of sp³-hybridized carbons (Fsp3) is 0.600. The molecule has 0 aliphatic heterocycles. The first-order valence-electron chi connectivity index (χ1n) is 6.83. The first-order chi connectivity index (χ1) is 9.04. The average molecular weight is 366 g/mol. The number of rotatable bonds is 3. The summed E-state index contributed by atoms with van der Waals surface area (Å²) in [6.45, 7) is 0. The third-order valence-electron chi connectivity index (χ3n) is 4.77. The molecule has 0 spiro atoms. The Balaban J connectivity index is 1.73. The van der Waals surface area contributed by atoms with Crippen LogP contribution in [-0.2, 0) is 0 Å². The number of benzene rings is 1. The van der Waals surface area contributed by atoms with Crippen LogP contribution in [0.2, 0.25) is 5.02 Å². The van der Waals surface area contributed by atoms with Crippen LogP contribution >= 0.6 is 39.1 Å². The molecule has 0 N–H and O–H groups in total. The lowest BCUT2D eigenvalue weighted by atomic mass is 9.84. The Labute approximate surface area is 131 Å². The maximum absolute atomic E-state index is 14.0.